The van der Waals surface area contributed by atoms with Gasteiger partial charge in [0.1, 0.15) is 4.83 Å². The van der Waals surface area contributed by atoms with E-state index in [1.165, 1.54) is 43.5 Å². The van der Waals surface area contributed by atoms with Gasteiger partial charge in [-0.15, -0.1) is 11.3 Å². The lowest BCUT2D eigenvalue weighted by atomic mass is 9.89. The highest BCUT2D eigenvalue weighted by Gasteiger charge is 2.18. The molecular weight excluding hydrogens is 757 g/mol. The van der Waals surface area contributed by atoms with Crippen molar-refractivity contribution in [3.8, 4) is 89.4 Å². The fourth-order valence-corrected chi connectivity index (χ4v) is 9.50. The number of aromatic nitrogens is 2. The lowest BCUT2D eigenvalue weighted by Crippen LogP contribution is -1.94. The Balaban J connectivity index is 1.07. The Morgan fingerprint density at radius 3 is 1.13 bits per heavy atom. The summed E-state index contributed by atoms with van der Waals surface area (Å²) in [6, 6.07) is 82.6. The number of fused-ring (bicyclic) bond motifs is 3. The van der Waals surface area contributed by atoms with Crippen LogP contribution >= 0.6 is 11.3 Å². The Labute approximate surface area is 359 Å². The summed E-state index contributed by atoms with van der Waals surface area (Å²) in [4.78, 5) is 11.7. The minimum absolute atomic E-state index is 0.712. The van der Waals surface area contributed by atoms with Crippen LogP contribution in [0.15, 0.2) is 231 Å². The summed E-state index contributed by atoms with van der Waals surface area (Å²) in [6.45, 7) is 0. The lowest BCUT2D eigenvalue weighted by molar-refractivity contribution is 1.24. The average molecular weight is 795 g/mol. The first kappa shape index (κ1) is 36.4. The number of benzene rings is 9. The van der Waals surface area contributed by atoms with E-state index in [0.717, 1.165) is 60.4 Å². The Bertz CT molecular complexity index is 3280. The molecule has 0 saturated heterocycles. The van der Waals surface area contributed by atoms with Crippen molar-refractivity contribution in [1.29, 1.82) is 0 Å². The van der Waals surface area contributed by atoms with Gasteiger partial charge in [0.05, 0.1) is 5.69 Å². The molecule has 11 aromatic rings. The van der Waals surface area contributed by atoms with E-state index < -0.39 is 0 Å². The van der Waals surface area contributed by atoms with Gasteiger partial charge in [-0.2, -0.15) is 0 Å². The number of hydrogen-bond acceptors (Lipinski definition) is 3. The van der Waals surface area contributed by atoms with Crippen LogP contribution in [-0.4, -0.2) is 9.97 Å². The van der Waals surface area contributed by atoms with Crippen LogP contribution in [0.25, 0.3) is 110 Å². The van der Waals surface area contributed by atoms with E-state index in [9.17, 15) is 0 Å². The second-order valence-electron chi connectivity index (χ2n) is 15.4. The van der Waals surface area contributed by atoms with Crippen molar-refractivity contribution in [2.45, 2.75) is 0 Å². The molecule has 9 aromatic carbocycles. The molecule has 0 bridgehead atoms. The predicted octanol–water partition coefficient (Wildman–Crippen LogP) is 16.2. The molecule has 0 atom stereocenters. The molecule has 2 aromatic heterocycles. The minimum atomic E-state index is 0.712. The Morgan fingerprint density at radius 1 is 0.262 bits per heavy atom. The topological polar surface area (TPSA) is 25.8 Å². The van der Waals surface area contributed by atoms with E-state index in [0.29, 0.717) is 5.82 Å². The van der Waals surface area contributed by atoms with Crippen molar-refractivity contribution in [2.75, 3.05) is 0 Å². The molecule has 2 heterocycles. The average Bonchev–Trinajstić information content (AvgIpc) is 3.73. The van der Waals surface area contributed by atoms with E-state index in [4.69, 9.17) is 9.97 Å². The van der Waals surface area contributed by atoms with Gasteiger partial charge in [0.15, 0.2) is 5.82 Å². The highest BCUT2D eigenvalue weighted by Crippen LogP contribution is 2.42. The minimum Gasteiger partial charge on any atom is -0.227 e. The Morgan fingerprint density at radius 2 is 0.607 bits per heavy atom. The van der Waals surface area contributed by atoms with Crippen LogP contribution in [0.4, 0.5) is 0 Å². The summed E-state index contributed by atoms with van der Waals surface area (Å²) in [5.74, 6) is 0.712. The van der Waals surface area contributed by atoms with Crippen LogP contribution in [0.1, 0.15) is 0 Å². The third-order valence-corrected chi connectivity index (χ3v) is 12.5. The second-order valence-corrected chi connectivity index (χ2v) is 16.4. The van der Waals surface area contributed by atoms with Crippen LogP contribution in [-0.2, 0) is 0 Å². The van der Waals surface area contributed by atoms with Gasteiger partial charge >= 0.3 is 0 Å². The molecule has 0 aliphatic carbocycles. The summed E-state index contributed by atoms with van der Waals surface area (Å²) in [6.07, 6.45) is 0. The van der Waals surface area contributed by atoms with Gasteiger partial charge in [-0.3, -0.25) is 0 Å². The van der Waals surface area contributed by atoms with E-state index in [1.807, 2.05) is 0 Å². The van der Waals surface area contributed by atoms with Crippen molar-refractivity contribution in [2.24, 2.45) is 0 Å². The number of hydrogen-bond donors (Lipinski definition) is 0. The number of nitrogens with zero attached hydrogens (tertiary/aromatic N) is 2. The summed E-state index contributed by atoms with van der Waals surface area (Å²) < 4.78 is 1.20. The van der Waals surface area contributed by atoms with Gasteiger partial charge in [-0.1, -0.05) is 176 Å². The van der Waals surface area contributed by atoms with Crippen molar-refractivity contribution < 1.29 is 0 Å². The molecule has 0 saturated carbocycles. The maximum absolute atomic E-state index is 5.44. The monoisotopic (exact) mass is 794 g/mol. The van der Waals surface area contributed by atoms with Crippen LogP contribution in [0, 0.1) is 0 Å². The highest BCUT2D eigenvalue weighted by molar-refractivity contribution is 7.25. The van der Waals surface area contributed by atoms with Crippen LogP contribution in [0.2, 0.25) is 0 Å². The third-order valence-electron chi connectivity index (χ3n) is 11.5. The Kier molecular flexibility index (Phi) is 9.42. The third kappa shape index (κ3) is 7.22. The van der Waals surface area contributed by atoms with Crippen molar-refractivity contribution in [3.05, 3.63) is 231 Å². The largest absolute Gasteiger partial charge is 0.227 e. The molecule has 0 fully saturated rings. The van der Waals surface area contributed by atoms with Crippen molar-refractivity contribution >= 4 is 31.6 Å². The molecule has 2 nitrogen and oxygen atoms in total. The number of thiophene rings is 1. The number of rotatable bonds is 8. The molecule has 11 rings (SSSR count). The molecule has 3 heteroatoms. The maximum Gasteiger partial charge on any atom is 0.161 e. The first-order chi connectivity index (χ1) is 30.2. The molecule has 286 valence electrons. The fraction of sp³-hybridized carbons (Fsp3) is 0. The van der Waals surface area contributed by atoms with Gasteiger partial charge in [0, 0.05) is 26.6 Å². The summed E-state index contributed by atoms with van der Waals surface area (Å²) in [5.41, 5.74) is 17.0. The quantitative estimate of drug-likeness (QED) is 0.153. The fourth-order valence-electron chi connectivity index (χ4n) is 8.42. The van der Waals surface area contributed by atoms with Gasteiger partial charge < -0.3 is 0 Å². The van der Waals surface area contributed by atoms with Gasteiger partial charge in [-0.25, -0.2) is 9.97 Å². The molecular formula is C58H38N2S. The van der Waals surface area contributed by atoms with E-state index in [2.05, 4.69) is 231 Å². The van der Waals surface area contributed by atoms with Gasteiger partial charge in [-0.05, 0) is 121 Å². The zero-order valence-electron chi connectivity index (χ0n) is 33.2. The second kappa shape index (κ2) is 15.8. The standard InChI is InChI=1S/C58H38N2S/c1-5-17-39(18-6-1)43-25-15-27-45(31-43)56-55-53-29-13-14-30-54(53)61-58(55)60-57(59-56)46-28-16-26-44(32-46)50-34-49(42-23-11-4-12-24-42)37-52(38-50)51-35-47(40-19-7-2-8-20-40)33-48(36-51)41-21-9-3-10-22-41/h1-38H. The molecule has 0 radical (unpaired) electrons. The molecule has 0 aliphatic rings. The van der Waals surface area contributed by atoms with E-state index >= 15 is 0 Å². The molecule has 0 spiro atoms. The SMILES string of the molecule is c1ccc(-c2cc(-c3ccccc3)cc(-c3cc(-c4ccccc4)cc(-c4cccc(-c5nc(-c6cccc(-c7ccccc7)c6)c6c(n5)sc5ccccc56)c4)c3)c2)cc1. The van der Waals surface area contributed by atoms with Crippen LogP contribution in [0.3, 0.4) is 0 Å². The highest BCUT2D eigenvalue weighted by atomic mass is 32.1. The summed E-state index contributed by atoms with van der Waals surface area (Å²) in [5, 5.41) is 2.28. The smallest absolute Gasteiger partial charge is 0.161 e. The predicted molar refractivity (Wildman–Crippen MR) is 258 cm³/mol. The molecule has 61 heavy (non-hydrogen) atoms. The zero-order valence-corrected chi connectivity index (χ0v) is 34.1. The first-order valence-corrected chi connectivity index (χ1v) is 21.4. The molecule has 0 aliphatic heterocycles. The normalized spacial score (nSPS) is 11.3. The van der Waals surface area contributed by atoms with Gasteiger partial charge in [0.2, 0.25) is 0 Å². The van der Waals surface area contributed by atoms with Crippen molar-refractivity contribution in [1.82, 2.24) is 9.97 Å². The maximum atomic E-state index is 5.44. The van der Waals surface area contributed by atoms with Gasteiger partial charge in [0.25, 0.3) is 0 Å². The molecule has 0 unspecified atom stereocenters. The lowest BCUT2D eigenvalue weighted by Gasteiger charge is -2.15. The van der Waals surface area contributed by atoms with Crippen LogP contribution in [0.5, 0.6) is 0 Å². The van der Waals surface area contributed by atoms with Crippen molar-refractivity contribution in [3.63, 3.8) is 0 Å². The van der Waals surface area contributed by atoms with Crippen LogP contribution < -0.4 is 0 Å². The summed E-state index contributed by atoms with van der Waals surface area (Å²) >= 11 is 1.73. The van der Waals surface area contributed by atoms with E-state index in [1.54, 1.807) is 11.3 Å². The molecule has 0 amide bonds. The first-order valence-electron chi connectivity index (χ1n) is 20.6. The van der Waals surface area contributed by atoms with E-state index in [-0.39, 0.29) is 0 Å². The Hall–Kier alpha value is -7.72. The molecule has 0 N–H and O–H groups in total. The zero-order chi connectivity index (χ0) is 40.5. The summed E-state index contributed by atoms with van der Waals surface area (Å²) in [7, 11) is 0.